The van der Waals surface area contributed by atoms with Gasteiger partial charge in [-0.25, -0.2) is 13.2 Å². The van der Waals surface area contributed by atoms with Gasteiger partial charge in [0.25, 0.3) is 5.91 Å². The van der Waals surface area contributed by atoms with Crippen LogP contribution in [0, 0.1) is 13.8 Å². The average molecular weight is 383 g/mol. The quantitative estimate of drug-likeness (QED) is 0.623. The van der Waals surface area contributed by atoms with E-state index in [1.54, 1.807) is 19.1 Å². The molecule has 1 aliphatic rings. The van der Waals surface area contributed by atoms with E-state index in [9.17, 15) is 18.0 Å². The number of quaternary nitrogens is 1. The minimum absolute atomic E-state index is 0.300. The normalized spacial score (nSPS) is 17.5. The van der Waals surface area contributed by atoms with Crippen LogP contribution in [0.4, 0.5) is 4.79 Å². The van der Waals surface area contributed by atoms with E-state index in [4.69, 9.17) is 0 Å². The van der Waals surface area contributed by atoms with Crippen LogP contribution in [0.5, 0.6) is 0 Å². The third-order valence-electron chi connectivity index (χ3n) is 4.95. The lowest BCUT2D eigenvalue weighted by Crippen LogP contribution is -3.19. The minimum Gasteiger partial charge on any atom is -0.341 e. The highest BCUT2D eigenvalue weighted by molar-refractivity contribution is 7.89. The maximum atomic E-state index is 12.8. The molecule has 0 radical (unpaired) electrons. The van der Waals surface area contributed by atoms with Gasteiger partial charge >= 0.3 is 6.03 Å². The summed E-state index contributed by atoms with van der Waals surface area (Å²) in [7, 11) is -2.10. The molecule has 2 rings (SSSR count). The van der Waals surface area contributed by atoms with Gasteiger partial charge in [-0.15, -0.1) is 0 Å². The van der Waals surface area contributed by atoms with Crippen LogP contribution in [0.15, 0.2) is 23.1 Å². The Morgan fingerprint density at radius 2 is 1.77 bits per heavy atom. The predicted octanol–water partition coefficient (Wildman–Crippen LogP) is -0.963. The molecule has 0 unspecified atom stereocenters. The monoisotopic (exact) mass is 383 g/mol. The molecule has 3 amide bonds. The van der Waals surface area contributed by atoms with Crippen LogP contribution in [0.1, 0.15) is 18.1 Å². The summed E-state index contributed by atoms with van der Waals surface area (Å²) in [5, 5.41) is 4.60. The van der Waals surface area contributed by atoms with E-state index in [0.717, 1.165) is 16.0 Å². The van der Waals surface area contributed by atoms with Crippen molar-refractivity contribution in [2.24, 2.45) is 0 Å². The second kappa shape index (κ2) is 8.15. The molecular weight excluding hydrogens is 356 g/mol. The number of rotatable bonds is 4. The summed E-state index contributed by atoms with van der Waals surface area (Å²) in [6, 6.07) is 4.17. The van der Waals surface area contributed by atoms with Crippen LogP contribution in [-0.4, -0.2) is 63.9 Å². The first-order valence-corrected chi connectivity index (χ1v) is 10.1. The Labute approximate surface area is 154 Å². The number of hydrogen-bond donors (Lipinski definition) is 3. The van der Waals surface area contributed by atoms with Crippen molar-refractivity contribution in [1.82, 2.24) is 14.9 Å². The second-order valence-corrected chi connectivity index (χ2v) is 8.54. The Kier molecular flexibility index (Phi) is 6.38. The highest BCUT2D eigenvalue weighted by atomic mass is 32.2. The van der Waals surface area contributed by atoms with Gasteiger partial charge in [0.2, 0.25) is 10.0 Å². The molecule has 1 saturated heterocycles. The number of nitrogens with one attached hydrogen (secondary N) is 3. The molecule has 0 aliphatic carbocycles. The van der Waals surface area contributed by atoms with Crippen LogP contribution in [-0.2, 0) is 14.8 Å². The number of carbonyl (C=O) groups is 2. The van der Waals surface area contributed by atoms with Crippen molar-refractivity contribution in [3.63, 3.8) is 0 Å². The standard InChI is InChI=1S/C17H26N4O4S/c1-12-5-6-15(11-13(12)2)26(24,25)21-9-7-20(8-10-21)14(3)16(22)19-17(23)18-4/h5-6,11,14H,7-10H2,1-4H3,(H2,18,19,22,23)/p+1/t14-/m1/s1. The Morgan fingerprint density at radius 3 is 2.31 bits per heavy atom. The molecule has 9 heteroatoms. The van der Waals surface area contributed by atoms with Crippen molar-refractivity contribution in [3.8, 4) is 0 Å². The summed E-state index contributed by atoms with van der Waals surface area (Å²) >= 11 is 0. The van der Waals surface area contributed by atoms with E-state index >= 15 is 0 Å². The third kappa shape index (κ3) is 4.40. The molecule has 1 heterocycles. The first-order valence-electron chi connectivity index (χ1n) is 8.61. The molecular formula is C17H27N4O4S+. The predicted molar refractivity (Wildman–Crippen MR) is 97.4 cm³/mol. The molecule has 1 aromatic carbocycles. The molecule has 0 bridgehead atoms. The Balaban J connectivity index is 2.02. The van der Waals surface area contributed by atoms with E-state index in [2.05, 4.69) is 10.6 Å². The van der Waals surface area contributed by atoms with Gasteiger partial charge in [0, 0.05) is 7.05 Å². The first kappa shape index (κ1) is 20.3. The number of nitrogens with zero attached hydrogens (tertiary/aromatic N) is 1. The van der Waals surface area contributed by atoms with Gasteiger partial charge in [-0.2, -0.15) is 4.31 Å². The van der Waals surface area contributed by atoms with E-state index in [1.165, 1.54) is 11.4 Å². The number of urea groups is 1. The van der Waals surface area contributed by atoms with Crippen LogP contribution in [0.3, 0.4) is 0 Å². The van der Waals surface area contributed by atoms with Crippen LogP contribution >= 0.6 is 0 Å². The van der Waals surface area contributed by atoms with Crippen molar-refractivity contribution in [2.75, 3.05) is 33.2 Å². The van der Waals surface area contributed by atoms with E-state index in [1.807, 2.05) is 19.9 Å². The number of sulfonamides is 1. The van der Waals surface area contributed by atoms with E-state index < -0.39 is 22.1 Å². The summed E-state index contributed by atoms with van der Waals surface area (Å²) in [4.78, 5) is 24.6. The zero-order chi connectivity index (χ0) is 19.5. The number of piperazine rings is 1. The molecule has 1 aromatic rings. The second-order valence-electron chi connectivity index (χ2n) is 6.60. The van der Waals surface area contributed by atoms with Crippen LogP contribution in [0.25, 0.3) is 0 Å². The zero-order valence-electron chi connectivity index (χ0n) is 15.6. The summed E-state index contributed by atoms with van der Waals surface area (Å²) in [6.07, 6.45) is 0. The Bertz CT molecular complexity index is 786. The molecule has 0 spiro atoms. The van der Waals surface area contributed by atoms with Gasteiger partial charge in [-0.05, 0) is 44.0 Å². The molecule has 144 valence electrons. The topological polar surface area (TPSA) is 100 Å². The number of aryl methyl sites for hydroxylation is 2. The van der Waals surface area contributed by atoms with E-state index in [-0.39, 0.29) is 5.91 Å². The van der Waals surface area contributed by atoms with Gasteiger partial charge in [0.05, 0.1) is 31.1 Å². The summed E-state index contributed by atoms with van der Waals surface area (Å²) in [5.41, 5.74) is 1.99. The molecule has 1 aliphatic heterocycles. The molecule has 8 nitrogen and oxygen atoms in total. The third-order valence-corrected chi connectivity index (χ3v) is 6.84. The molecule has 1 atom stereocenters. The maximum Gasteiger partial charge on any atom is 0.321 e. The van der Waals surface area contributed by atoms with Crippen LogP contribution in [0.2, 0.25) is 0 Å². The summed E-state index contributed by atoms with van der Waals surface area (Å²) in [6.45, 7) is 7.26. The molecule has 3 N–H and O–H groups in total. The van der Waals surface area contributed by atoms with Crippen molar-refractivity contribution < 1.29 is 22.9 Å². The van der Waals surface area contributed by atoms with Crippen molar-refractivity contribution in [1.29, 1.82) is 0 Å². The smallest absolute Gasteiger partial charge is 0.321 e. The first-order chi connectivity index (χ1) is 12.2. The van der Waals surface area contributed by atoms with Gasteiger partial charge < -0.3 is 10.2 Å². The zero-order valence-corrected chi connectivity index (χ0v) is 16.4. The number of benzene rings is 1. The fourth-order valence-corrected chi connectivity index (χ4v) is 4.47. The lowest BCUT2D eigenvalue weighted by atomic mass is 10.1. The van der Waals surface area contributed by atoms with Gasteiger partial charge in [0.1, 0.15) is 0 Å². The molecule has 1 fully saturated rings. The lowest BCUT2D eigenvalue weighted by Gasteiger charge is -2.34. The number of hydrogen-bond acceptors (Lipinski definition) is 4. The fraction of sp³-hybridized carbons (Fsp3) is 0.529. The molecule has 0 aromatic heterocycles. The maximum absolute atomic E-state index is 12.8. The highest BCUT2D eigenvalue weighted by Gasteiger charge is 2.34. The fourth-order valence-electron chi connectivity index (χ4n) is 2.94. The minimum atomic E-state index is -3.54. The van der Waals surface area contributed by atoms with Crippen molar-refractivity contribution in [3.05, 3.63) is 29.3 Å². The largest absolute Gasteiger partial charge is 0.341 e. The average Bonchev–Trinajstić information content (AvgIpc) is 2.63. The van der Waals surface area contributed by atoms with Gasteiger partial charge in [0.15, 0.2) is 6.04 Å². The SMILES string of the molecule is CNC(=O)NC(=O)[C@@H](C)[NH+]1CCN(S(=O)(=O)c2ccc(C)c(C)c2)CC1. The van der Waals surface area contributed by atoms with Crippen molar-refractivity contribution >= 4 is 22.0 Å². The Hall–Kier alpha value is -1.97. The molecule has 26 heavy (non-hydrogen) atoms. The summed E-state index contributed by atoms with van der Waals surface area (Å²) in [5.74, 6) is -0.371. The lowest BCUT2D eigenvalue weighted by molar-refractivity contribution is -0.917. The van der Waals surface area contributed by atoms with Gasteiger partial charge in [-0.3, -0.25) is 10.1 Å². The number of imide groups is 1. The van der Waals surface area contributed by atoms with E-state index in [0.29, 0.717) is 31.1 Å². The summed E-state index contributed by atoms with van der Waals surface area (Å²) < 4.78 is 27.1. The van der Waals surface area contributed by atoms with Gasteiger partial charge in [-0.1, -0.05) is 6.07 Å². The molecule has 0 saturated carbocycles. The Morgan fingerprint density at radius 1 is 1.15 bits per heavy atom. The number of amides is 3. The number of carbonyl (C=O) groups excluding carboxylic acids is 2. The van der Waals surface area contributed by atoms with Crippen LogP contribution < -0.4 is 15.5 Å². The highest BCUT2D eigenvalue weighted by Crippen LogP contribution is 2.19. The van der Waals surface area contributed by atoms with Crippen molar-refractivity contribution in [2.45, 2.75) is 31.7 Å².